The van der Waals surface area contributed by atoms with Crippen LogP contribution in [-0.2, 0) is 10.0 Å². The van der Waals surface area contributed by atoms with Gasteiger partial charge in [-0.2, -0.15) is 5.26 Å². The zero-order chi connectivity index (χ0) is 15.6. The van der Waals surface area contributed by atoms with Crippen molar-refractivity contribution in [1.29, 1.82) is 5.26 Å². The molecule has 0 spiro atoms. The predicted octanol–water partition coefficient (Wildman–Crippen LogP) is 2.78. The zero-order valence-electron chi connectivity index (χ0n) is 10.3. The second kappa shape index (κ2) is 5.46. The number of hydrogen-bond donors (Lipinski definition) is 1. The highest BCUT2D eigenvalue weighted by Gasteiger charge is 2.25. The Hall–Kier alpha value is -2.53. The molecule has 2 rings (SSSR count). The molecule has 0 heterocycles. The van der Waals surface area contributed by atoms with Gasteiger partial charge in [0.15, 0.2) is 4.90 Å². The van der Waals surface area contributed by atoms with Crippen LogP contribution in [0.2, 0.25) is 0 Å². The van der Waals surface area contributed by atoms with Crippen LogP contribution in [0, 0.1) is 28.8 Å². The Kier molecular flexibility index (Phi) is 3.86. The molecule has 0 atom stereocenters. The van der Waals surface area contributed by atoms with E-state index in [0.717, 1.165) is 36.4 Å². The van der Waals surface area contributed by atoms with Crippen molar-refractivity contribution in [2.75, 3.05) is 4.72 Å². The van der Waals surface area contributed by atoms with E-state index in [4.69, 9.17) is 5.26 Å². The van der Waals surface area contributed by atoms with Gasteiger partial charge in [-0.1, -0.05) is 12.1 Å². The number of anilines is 1. The quantitative estimate of drug-likeness (QED) is 0.947. The Morgan fingerprint density at radius 1 is 0.952 bits per heavy atom. The first-order chi connectivity index (χ1) is 9.86. The average molecular weight is 312 g/mol. The lowest BCUT2D eigenvalue weighted by molar-refractivity contribution is 0.521. The van der Waals surface area contributed by atoms with Gasteiger partial charge in [0.1, 0.15) is 29.1 Å². The Labute approximate surface area is 118 Å². The SMILES string of the molecule is N#Cc1c(F)cccc1NS(=O)(=O)c1c(F)cccc1F. The molecule has 0 radical (unpaired) electrons. The smallest absolute Gasteiger partial charge is 0.267 e. The lowest BCUT2D eigenvalue weighted by atomic mass is 10.2. The summed E-state index contributed by atoms with van der Waals surface area (Å²) in [7, 11) is -4.64. The molecule has 0 amide bonds. The van der Waals surface area contributed by atoms with Crippen LogP contribution in [0.4, 0.5) is 18.9 Å². The molecule has 1 N–H and O–H groups in total. The number of nitrogens with one attached hydrogen (secondary N) is 1. The number of hydrogen-bond acceptors (Lipinski definition) is 3. The second-order valence-electron chi connectivity index (χ2n) is 3.93. The minimum Gasteiger partial charge on any atom is -0.278 e. The maximum absolute atomic E-state index is 13.5. The minimum atomic E-state index is -4.64. The van der Waals surface area contributed by atoms with Gasteiger partial charge in [-0.05, 0) is 24.3 Å². The Balaban J connectivity index is 2.54. The van der Waals surface area contributed by atoms with Gasteiger partial charge in [-0.3, -0.25) is 4.72 Å². The Morgan fingerprint density at radius 3 is 2.05 bits per heavy atom. The largest absolute Gasteiger partial charge is 0.278 e. The highest BCUT2D eigenvalue weighted by Crippen LogP contribution is 2.24. The summed E-state index contributed by atoms with van der Waals surface area (Å²) in [5.74, 6) is -3.54. The molecular formula is C13H7F3N2O2S. The number of rotatable bonds is 3. The fourth-order valence-electron chi connectivity index (χ4n) is 1.66. The third-order valence-corrected chi connectivity index (χ3v) is 3.97. The molecule has 21 heavy (non-hydrogen) atoms. The van der Waals surface area contributed by atoms with Gasteiger partial charge in [0.2, 0.25) is 0 Å². The van der Waals surface area contributed by atoms with Gasteiger partial charge in [-0.25, -0.2) is 21.6 Å². The first kappa shape index (κ1) is 14.9. The molecule has 0 fully saturated rings. The van der Waals surface area contributed by atoms with Gasteiger partial charge in [0.05, 0.1) is 5.69 Å². The number of benzene rings is 2. The maximum atomic E-state index is 13.5. The summed E-state index contributed by atoms with van der Waals surface area (Å²) >= 11 is 0. The number of sulfonamides is 1. The van der Waals surface area contributed by atoms with Crippen molar-refractivity contribution < 1.29 is 21.6 Å². The van der Waals surface area contributed by atoms with Crippen molar-refractivity contribution in [3.8, 4) is 6.07 Å². The van der Waals surface area contributed by atoms with Crippen LogP contribution in [0.5, 0.6) is 0 Å². The lowest BCUT2D eigenvalue weighted by Gasteiger charge is -2.11. The molecule has 8 heteroatoms. The zero-order valence-corrected chi connectivity index (χ0v) is 11.1. The molecule has 2 aromatic carbocycles. The van der Waals surface area contributed by atoms with Gasteiger partial charge in [0.25, 0.3) is 10.0 Å². The summed E-state index contributed by atoms with van der Waals surface area (Å²) in [4.78, 5) is -1.20. The third-order valence-electron chi connectivity index (χ3n) is 2.56. The molecule has 108 valence electrons. The summed E-state index contributed by atoms with van der Waals surface area (Å²) in [6.07, 6.45) is 0. The summed E-state index contributed by atoms with van der Waals surface area (Å²) in [6.45, 7) is 0. The molecule has 2 aromatic rings. The van der Waals surface area contributed by atoms with Crippen molar-refractivity contribution in [2.24, 2.45) is 0 Å². The molecule has 4 nitrogen and oxygen atoms in total. The van der Waals surface area contributed by atoms with Crippen LogP contribution < -0.4 is 4.72 Å². The van der Waals surface area contributed by atoms with Crippen LogP contribution in [-0.4, -0.2) is 8.42 Å². The van der Waals surface area contributed by atoms with E-state index in [0.29, 0.717) is 0 Å². The van der Waals surface area contributed by atoms with E-state index in [2.05, 4.69) is 0 Å². The summed E-state index contributed by atoms with van der Waals surface area (Å²) in [6, 6.07) is 7.25. The van der Waals surface area contributed by atoms with Crippen LogP contribution in [0.25, 0.3) is 0 Å². The Bertz CT molecular complexity index is 825. The van der Waals surface area contributed by atoms with Crippen LogP contribution in [0.15, 0.2) is 41.3 Å². The number of nitriles is 1. The first-order valence-electron chi connectivity index (χ1n) is 5.52. The fourth-order valence-corrected chi connectivity index (χ4v) is 2.87. The van der Waals surface area contributed by atoms with E-state index in [1.54, 1.807) is 4.72 Å². The van der Waals surface area contributed by atoms with E-state index >= 15 is 0 Å². The average Bonchev–Trinajstić information content (AvgIpc) is 2.38. The van der Waals surface area contributed by atoms with Crippen molar-refractivity contribution in [3.63, 3.8) is 0 Å². The van der Waals surface area contributed by atoms with Crippen molar-refractivity contribution in [1.82, 2.24) is 0 Å². The van der Waals surface area contributed by atoms with Crippen molar-refractivity contribution in [2.45, 2.75) is 4.90 Å². The second-order valence-corrected chi connectivity index (χ2v) is 5.55. The van der Waals surface area contributed by atoms with Gasteiger partial charge in [0, 0.05) is 0 Å². The molecule has 0 aliphatic carbocycles. The molecule has 0 saturated carbocycles. The number of halogens is 3. The van der Waals surface area contributed by atoms with Crippen LogP contribution in [0.1, 0.15) is 5.56 Å². The first-order valence-corrected chi connectivity index (χ1v) is 7.00. The van der Waals surface area contributed by atoms with E-state index in [-0.39, 0.29) is 0 Å². The van der Waals surface area contributed by atoms with Crippen molar-refractivity contribution >= 4 is 15.7 Å². The molecule has 0 aliphatic rings. The van der Waals surface area contributed by atoms with Gasteiger partial charge < -0.3 is 0 Å². The topological polar surface area (TPSA) is 70.0 Å². The summed E-state index contributed by atoms with van der Waals surface area (Å²) < 4.78 is 66.2. The van der Waals surface area contributed by atoms with Gasteiger partial charge >= 0.3 is 0 Å². The van der Waals surface area contributed by atoms with Crippen molar-refractivity contribution in [3.05, 3.63) is 59.4 Å². The van der Waals surface area contributed by atoms with E-state index < -0.39 is 43.6 Å². The Morgan fingerprint density at radius 2 is 1.48 bits per heavy atom. The van der Waals surface area contributed by atoms with E-state index in [1.165, 1.54) is 6.07 Å². The highest BCUT2D eigenvalue weighted by molar-refractivity contribution is 7.92. The number of nitrogens with zero attached hydrogens (tertiary/aromatic N) is 1. The van der Waals surface area contributed by atoms with E-state index in [9.17, 15) is 21.6 Å². The summed E-state index contributed by atoms with van der Waals surface area (Å²) in [5.41, 5.74) is -0.974. The lowest BCUT2D eigenvalue weighted by Crippen LogP contribution is -2.17. The standard InChI is InChI=1S/C13H7F3N2O2S/c14-9-3-2-6-12(8(9)7-17)18-21(19,20)13-10(15)4-1-5-11(13)16/h1-6,18H. The molecule has 0 saturated heterocycles. The third kappa shape index (κ3) is 2.83. The maximum Gasteiger partial charge on any atom is 0.267 e. The monoisotopic (exact) mass is 312 g/mol. The summed E-state index contributed by atoms with van der Waals surface area (Å²) in [5, 5.41) is 8.80. The molecule has 0 bridgehead atoms. The predicted molar refractivity (Wildman–Crippen MR) is 68.3 cm³/mol. The highest BCUT2D eigenvalue weighted by atomic mass is 32.2. The minimum absolute atomic E-state index is 0.403. The molecule has 0 unspecified atom stereocenters. The van der Waals surface area contributed by atoms with E-state index in [1.807, 2.05) is 0 Å². The molecular weight excluding hydrogens is 305 g/mol. The van der Waals surface area contributed by atoms with Crippen LogP contribution >= 0.6 is 0 Å². The fraction of sp³-hybridized carbons (Fsp3) is 0. The molecule has 0 aromatic heterocycles. The normalized spacial score (nSPS) is 11.0. The van der Waals surface area contributed by atoms with Gasteiger partial charge in [-0.15, -0.1) is 0 Å². The molecule has 0 aliphatic heterocycles. The van der Waals surface area contributed by atoms with Crippen LogP contribution in [0.3, 0.4) is 0 Å².